The van der Waals surface area contributed by atoms with Crippen LogP contribution in [0.4, 0.5) is 4.39 Å². The van der Waals surface area contributed by atoms with Gasteiger partial charge in [-0.15, -0.1) is 0 Å². The highest BCUT2D eigenvalue weighted by atomic mass is 19.1. The van der Waals surface area contributed by atoms with Crippen LogP contribution in [0.3, 0.4) is 0 Å². The monoisotopic (exact) mass is 435 g/mol. The highest BCUT2D eigenvalue weighted by molar-refractivity contribution is 6.08. The molecule has 2 amide bonds. The number of para-hydroxylation sites is 1. The van der Waals surface area contributed by atoms with Gasteiger partial charge in [0.05, 0.1) is 18.7 Å². The fourth-order valence-corrected chi connectivity index (χ4v) is 5.08. The Kier molecular flexibility index (Phi) is 4.82. The maximum atomic E-state index is 13.5. The van der Waals surface area contributed by atoms with Crippen molar-refractivity contribution in [2.75, 3.05) is 20.2 Å². The Morgan fingerprint density at radius 1 is 1.16 bits per heavy atom. The minimum absolute atomic E-state index is 0.162. The third-order valence-corrected chi connectivity index (χ3v) is 6.56. The molecule has 1 aromatic heterocycles. The lowest BCUT2D eigenvalue weighted by atomic mass is 9.75. The van der Waals surface area contributed by atoms with E-state index in [2.05, 4.69) is 10.3 Å². The average Bonchev–Trinajstić information content (AvgIpc) is 3.39. The number of rotatable bonds is 3. The molecular formula is C24H22FN3O4. The molecule has 1 fully saturated rings. The van der Waals surface area contributed by atoms with Gasteiger partial charge in [0, 0.05) is 29.6 Å². The van der Waals surface area contributed by atoms with E-state index in [1.807, 2.05) is 24.3 Å². The van der Waals surface area contributed by atoms with Crippen molar-refractivity contribution in [3.63, 3.8) is 0 Å². The number of aromatic nitrogens is 1. The van der Waals surface area contributed by atoms with Crippen LogP contribution in [0, 0.1) is 11.7 Å². The number of imide groups is 1. The largest absolute Gasteiger partial charge is 0.467 e. The van der Waals surface area contributed by atoms with Crippen molar-refractivity contribution in [2.45, 2.75) is 18.4 Å². The zero-order valence-electron chi connectivity index (χ0n) is 17.5. The van der Waals surface area contributed by atoms with Crippen molar-refractivity contribution < 1.29 is 23.5 Å². The first-order valence-electron chi connectivity index (χ1n) is 10.5. The summed E-state index contributed by atoms with van der Waals surface area (Å²) in [5.41, 5.74) is 1.26. The van der Waals surface area contributed by atoms with Crippen LogP contribution in [0.2, 0.25) is 0 Å². The van der Waals surface area contributed by atoms with E-state index < -0.39 is 35.1 Å². The smallest absolute Gasteiger partial charge is 0.333 e. The Balaban J connectivity index is 1.57. The first kappa shape index (κ1) is 20.4. The molecule has 8 heteroatoms. The molecule has 7 nitrogen and oxygen atoms in total. The molecule has 3 heterocycles. The molecule has 2 N–H and O–H groups in total. The van der Waals surface area contributed by atoms with Crippen LogP contribution in [-0.2, 0) is 26.3 Å². The number of nitrogens with zero attached hydrogens (tertiary/aromatic N) is 1. The first-order chi connectivity index (χ1) is 15.5. The summed E-state index contributed by atoms with van der Waals surface area (Å²) in [6.07, 6.45) is 0.986. The topological polar surface area (TPSA) is 91.5 Å². The normalized spacial score (nSPS) is 22.8. The number of methoxy groups -OCH3 is 1. The molecule has 1 saturated heterocycles. The second kappa shape index (κ2) is 7.56. The standard InChI is InChI=1S/C24H22FN3O4/c1-32-23(31)24(20-17(10-12-26-24)16-4-2-3-5-19(16)27-20)18-11-13-28(22(18)30)21(29)14-6-8-15(25)9-7-14/h2-9,18,26-27H,10-13H2,1H3/t18-,24+/m0/s1. The summed E-state index contributed by atoms with van der Waals surface area (Å²) < 4.78 is 18.4. The van der Waals surface area contributed by atoms with Gasteiger partial charge >= 0.3 is 5.97 Å². The van der Waals surface area contributed by atoms with Crippen molar-refractivity contribution in [1.29, 1.82) is 0 Å². The molecule has 0 radical (unpaired) electrons. The number of amides is 2. The van der Waals surface area contributed by atoms with Gasteiger partial charge in [0.2, 0.25) is 5.91 Å². The first-order valence-corrected chi connectivity index (χ1v) is 10.5. The lowest BCUT2D eigenvalue weighted by molar-refractivity contribution is -0.156. The predicted molar refractivity (Wildman–Crippen MR) is 114 cm³/mol. The maximum Gasteiger partial charge on any atom is 0.333 e. The van der Waals surface area contributed by atoms with E-state index in [0.29, 0.717) is 25.1 Å². The van der Waals surface area contributed by atoms with Crippen molar-refractivity contribution >= 4 is 28.7 Å². The molecule has 0 unspecified atom stereocenters. The fourth-order valence-electron chi connectivity index (χ4n) is 5.08. The van der Waals surface area contributed by atoms with E-state index in [4.69, 9.17) is 4.74 Å². The summed E-state index contributed by atoms with van der Waals surface area (Å²) in [4.78, 5) is 44.2. The van der Waals surface area contributed by atoms with E-state index in [-0.39, 0.29) is 12.1 Å². The summed E-state index contributed by atoms with van der Waals surface area (Å²) >= 11 is 0. The highest BCUT2D eigenvalue weighted by Gasteiger charge is 2.58. The molecular weight excluding hydrogens is 413 g/mol. The van der Waals surface area contributed by atoms with Gasteiger partial charge in [-0.3, -0.25) is 19.8 Å². The van der Waals surface area contributed by atoms with Crippen molar-refractivity contribution in [2.24, 2.45) is 5.92 Å². The number of fused-ring (bicyclic) bond motifs is 3. The second-order valence-corrected chi connectivity index (χ2v) is 8.14. The third kappa shape index (κ3) is 2.86. The number of halogens is 1. The van der Waals surface area contributed by atoms with Crippen LogP contribution in [0.5, 0.6) is 0 Å². The summed E-state index contributed by atoms with van der Waals surface area (Å²) in [7, 11) is 1.30. The molecule has 164 valence electrons. The maximum absolute atomic E-state index is 13.5. The number of benzene rings is 2. The predicted octanol–water partition coefficient (Wildman–Crippen LogP) is 2.51. The minimum Gasteiger partial charge on any atom is -0.467 e. The van der Waals surface area contributed by atoms with Crippen LogP contribution >= 0.6 is 0 Å². The number of esters is 1. The van der Waals surface area contributed by atoms with Crippen LogP contribution < -0.4 is 5.32 Å². The zero-order valence-corrected chi connectivity index (χ0v) is 17.5. The van der Waals surface area contributed by atoms with Gasteiger partial charge in [0.25, 0.3) is 5.91 Å². The zero-order chi connectivity index (χ0) is 22.5. The van der Waals surface area contributed by atoms with E-state index in [0.717, 1.165) is 21.4 Å². The minimum atomic E-state index is -1.42. The molecule has 0 saturated carbocycles. The number of carbonyl (C=O) groups is 3. The number of nitrogens with one attached hydrogen (secondary N) is 2. The number of H-pyrrole nitrogens is 1. The number of hydrogen-bond donors (Lipinski definition) is 2. The van der Waals surface area contributed by atoms with Crippen molar-refractivity contribution in [3.8, 4) is 0 Å². The Morgan fingerprint density at radius 3 is 2.66 bits per heavy atom. The van der Waals surface area contributed by atoms with Crippen LogP contribution in [-0.4, -0.2) is 47.9 Å². The van der Waals surface area contributed by atoms with Gasteiger partial charge < -0.3 is 9.72 Å². The number of carbonyl (C=O) groups excluding carboxylic acids is 3. The molecule has 32 heavy (non-hydrogen) atoms. The SMILES string of the molecule is COC(=O)[C@]1([C@H]2CCN(C(=O)c3ccc(F)cc3)C2=O)NCCc2c1[nH]c1ccccc21. The number of hydrogen-bond acceptors (Lipinski definition) is 5. The number of likely N-dealkylation sites (tertiary alicyclic amines) is 1. The van der Waals surface area contributed by atoms with Crippen molar-refractivity contribution in [1.82, 2.24) is 15.2 Å². The summed E-state index contributed by atoms with van der Waals surface area (Å²) in [6, 6.07) is 12.8. The van der Waals surface area contributed by atoms with Gasteiger partial charge in [-0.25, -0.2) is 9.18 Å². The average molecular weight is 435 g/mol. The van der Waals surface area contributed by atoms with Gasteiger partial charge in [-0.05, 0) is 48.7 Å². The van der Waals surface area contributed by atoms with E-state index in [1.165, 1.54) is 31.4 Å². The molecule has 0 bridgehead atoms. The lowest BCUT2D eigenvalue weighted by Gasteiger charge is -2.39. The van der Waals surface area contributed by atoms with Crippen molar-refractivity contribution in [3.05, 3.63) is 71.2 Å². The van der Waals surface area contributed by atoms with Crippen LogP contribution in [0.1, 0.15) is 28.0 Å². The third-order valence-electron chi connectivity index (χ3n) is 6.56. The van der Waals surface area contributed by atoms with Gasteiger partial charge in [-0.1, -0.05) is 18.2 Å². The van der Waals surface area contributed by atoms with E-state index in [1.54, 1.807) is 0 Å². The molecule has 0 spiro atoms. The Morgan fingerprint density at radius 2 is 1.91 bits per heavy atom. The molecule has 2 aromatic carbocycles. The van der Waals surface area contributed by atoms with Crippen LogP contribution in [0.15, 0.2) is 48.5 Å². The molecule has 0 aliphatic carbocycles. The Bertz CT molecular complexity index is 1240. The lowest BCUT2D eigenvalue weighted by Crippen LogP contribution is -2.60. The molecule has 5 rings (SSSR count). The van der Waals surface area contributed by atoms with Gasteiger partial charge in [-0.2, -0.15) is 0 Å². The number of aromatic amines is 1. The number of ether oxygens (including phenoxy) is 1. The van der Waals surface area contributed by atoms with E-state index in [9.17, 15) is 18.8 Å². The Labute approximate surface area is 183 Å². The Hall–Kier alpha value is -3.52. The quantitative estimate of drug-likeness (QED) is 0.487. The molecule has 2 atom stereocenters. The highest BCUT2D eigenvalue weighted by Crippen LogP contribution is 2.43. The summed E-state index contributed by atoms with van der Waals surface area (Å²) in [6.45, 7) is 0.648. The molecule has 2 aliphatic heterocycles. The summed E-state index contributed by atoms with van der Waals surface area (Å²) in [5.74, 6) is -2.82. The fraction of sp³-hybridized carbons (Fsp3) is 0.292. The molecule has 3 aromatic rings. The van der Waals surface area contributed by atoms with Gasteiger partial charge in [0.15, 0.2) is 5.54 Å². The van der Waals surface area contributed by atoms with Gasteiger partial charge in [0.1, 0.15) is 5.82 Å². The van der Waals surface area contributed by atoms with Crippen LogP contribution in [0.25, 0.3) is 10.9 Å². The van der Waals surface area contributed by atoms with E-state index >= 15 is 0 Å². The summed E-state index contributed by atoms with van der Waals surface area (Å²) in [5, 5.41) is 4.27. The molecule has 2 aliphatic rings. The second-order valence-electron chi connectivity index (χ2n) is 8.14.